The van der Waals surface area contributed by atoms with E-state index >= 15 is 0 Å². The zero-order valence-corrected chi connectivity index (χ0v) is 12.1. The van der Waals surface area contributed by atoms with Crippen LogP contribution >= 0.6 is 0 Å². The van der Waals surface area contributed by atoms with Gasteiger partial charge < -0.3 is 15.3 Å². The average Bonchev–Trinajstić information content (AvgIpc) is 2.75. The lowest BCUT2D eigenvalue weighted by molar-refractivity contribution is 0.0558. The first-order chi connectivity index (χ1) is 9.02. The Labute approximate surface area is 115 Å². The molecular weight excluding hydrogens is 240 g/mol. The predicted molar refractivity (Wildman–Crippen MR) is 77.6 cm³/mol. The summed E-state index contributed by atoms with van der Waals surface area (Å²) in [6.07, 6.45) is 4.02. The van der Waals surface area contributed by atoms with E-state index in [0.717, 1.165) is 49.7 Å². The molecule has 0 amide bonds. The maximum atomic E-state index is 10.5. The Hall–Kier alpha value is -1.36. The quantitative estimate of drug-likeness (QED) is 0.851. The topological polar surface area (TPSA) is 61.3 Å². The molecule has 0 unspecified atom stereocenters. The summed E-state index contributed by atoms with van der Waals surface area (Å²) in [5, 5.41) is 13.7. The van der Waals surface area contributed by atoms with Gasteiger partial charge in [0.05, 0.1) is 5.60 Å². The van der Waals surface area contributed by atoms with Crippen molar-refractivity contribution in [3.05, 3.63) is 11.9 Å². The van der Waals surface area contributed by atoms with Gasteiger partial charge in [-0.1, -0.05) is 12.8 Å². The van der Waals surface area contributed by atoms with Crippen LogP contribution in [-0.4, -0.2) is 40.8 Å². The van der Waals surface area contributed by atoms with Gasteiger partial charge in [-0.2, -0.15) is 0 Å². The van der Waals surface area contributed by atoms with Crippen LogP contribution in [0.25, 0.3) is 0 Å². The van der Waals surface area contributed by atoms with E-state index in [-0.39, 0.29) is 0 Å². The van der Waals surface area contributed by atoms with E-state index in [2.05, 4.69) is 15.3 Å². The average molecular weight is 264 g/mol. The summed E-state index contributed by atoms with van der Waals surface area (Å²) in [5.74, 6) is 2.46. The number of hydrogen-bond acceptors (Lipinski definition) is 5. The molecule has 5 heteroatoms. The number of nitrogens with one attached hydrogen (secondary N) is 1. The molecule has 1 saturated carbocycles. The fourth-order valence-electron chi connectivity index (χ4n) is 2.73. The summed E-state index contributed by atoms with van der Waals surface area (Å²) >= 11 is 0. The monoisotopic (exact) mass is 264 g/mol. The van der Waals surface area contributed by atoms with Gasteiger partial charge in [0.15, 0.2) is 0 Å². The molecule has 0 aromatic carbocycles. The van der Waals surface area contributed by atoms with Crippen LogP contribution < -0.4 is 10.2 Å². The van der Waals surface area contributed by atoms with Gasteiger partial charge in [-0.05, 0) is 26.7 Å². The predicted octanol–water partition coefficient (Wildman–Crippen LogP) is 1.96. The minimum absolute atomic E-state index is 0.550. The Kier molecular flexibility index (Phi) is 4.24. The summed E-state index contributed by atoms with van der Waals surface area (Å²) in [5.41, 5.74) is -0.550. The highest BCUT2D eigenvalue weighted by Gasteiger charge is 2.32. The molecular formula is C14H24N4O. The highest BCUT2D eigenvalue weighted by atomic mass is 16.3. The van der Waals surface area contributed by atoms with Gasteiger partial charge in [-0.25, -0.2) is 9.97 Å². The molecule has 0 atom stereocenters. The van der Waals surface area contributed by atoms with Crippen molar-refractivity contribution in [3.63, 3.8) is 0 Å². The second-order valence-corrected chi connectivity index (χ2v) is 5.48. The standard InChI is InChI=1S/C14H24N4O/c1-4-15-12-9-13(17-11(2)16-12)18(3)10-14(19)7-5-6-8-14/h9,19H,4-8,10H2,1-3H3,(H,15,16,17). The van der Waals surface area contributed by atoms with Crippen LogP contribution in [0.15, 0.2) is 6.07 Å². The van der Waals surface area contributed by atoms with Crippen LogP contribution in [0.1, 0.15) is 38.4 Å². The maximum absolute atomic E-state index is 10.5. The lowest BCUT2D eigenvalue weighted by atomic mass is 10.0. The molecule has 2 N–H and O–H groups in total. The SMILES string of the molecule is CCNc1cc(N(C)CC2(O)CCCC2)nc(C)n1. The lowest BCUT2D eigenvalue weighted by Crippen LogP contribution is -2.39. The molecule has 0 spiro atoms. The summed E-state index contributed by atoms with van der Waals surface area (Å²) < 4.78 is 0. The van der Waals surface area contributed by atoms with Crippen LogP contribution in [0, 0.1) is 6.92 Å². The molecule has 2 rings (SSSR count). The lowest BCUT2D eigenvalue weighted by Gasteiger charge is -2.29. The van der Waals surface area contributed by atoms with Crippen molar-refractivity contribution < 1.29 is 5.11 Å². The van der Waals surface area contributed by atoms with Crippen molar-refractivity contribution in [3.8, 4) is 0 Å². The molecule has 0 saturated heterocycles. The van der Waals surface area contributed by atoms with E-state index in [1.807, 2.05) is 31.9 Å². The number of likely N-dealkylation sites (N-methyl/N-ethyl adjacent to an activating group) is 1. The zero-order chi connectivity index (χ0) is 13.9. The van der Waals surface area contributed by atoms with Gasteiger partial charge >= 0.3 is 0 Å². The highest BCUT2D eigenvalue weighted by molar-refractivity contribution is 5.49. The van der Waals surface area contributed by atoms with Gasteiger partial charge in [0.1, 0.15) is 17.5 Å². The molecule has 1 fully saturated rings. The van der Waals surface area contributed by atoms with Crippen LogP contribution in [0.2, 0.25) is 0 Å². The van der Waals surface area contributed by atoms with Crippen molar-refractivity contribution in [2.24, 2.45) is 0 Å². The summed E-state index contributed by atoms with van der Waals surface area (Å²) in [6, 6.07) is 1.94. The first-order valence-electron chi connectivity index (χ1n) is 7.05. The Bertz CT molecular complexity index is 429. The Morgan fingerprint density at radius 1 is 1.37 bits per heavy atom. The van der Waals surface area contributed by atoms with E-state index in [1.54, 1.807) is 0 Å². The minimum atomic E-state index is -0.550. The molecule has 19 heavy (non-hydrogen) atoms. The molecule has 1 aromatic heterocycles. The molecule has 1 aromatic rings. The third-order valence-electron chi connectivity index (χ3n) is 3.64. The number of nitrogens with zero attached hydrogens (tertiary/aromatic N) is 3. The van der Waals surface area contributed by atoms with Gasteiger partial charge in [0.2, 0.25) is 0 Å². The number of anilines is 2. The number of aliphatic hydroxyl groups is 1. The number of rotatable bonds is 5. The number of hydrogen-bond donors (Lipinski definition) is 2. The summed E-state index contributed by atoms with van der Waals surface area (Å²) in [4.78, 5) is 10.8. The van der Waals surface area contributed by atoms with Gasteiger partial charge in [0, 0.05) is 26.2 Å². The van der Waals surface area contributed by atoms with E-state index < -0.39 is 5.60 Å². The molecule has 5 nitrogen and oxygen atoms in total. The fraction of sp³-hybridized carbons (Fsp3) is 0.714. The Morgan fingerprint density at radius 3 is 2.68 bits per heavy atom. The first kappa shape index (κ1) is 14.1. The molecule has 0 radical (unpaired) electrons. The van der Waals surface area contributed by atoms with Crippen LogP contribution in [0.4, 0.5) is 11.6 Å². The summed E-state index contributed by atoms with van der Waals surface area (Å²) in [6.45, 7) is 5.41. The minimum Gasteiger partial charge on any atom is -0.388 e. The molecule has 0 bridgehead atoms. The van der Waals surface area contributed by atoms with Crippen molar-refractivity contribution >= 4 is 11.6 Å². The van der Waals surface area contributed by atoms with Gasteiger partial charge in [0.25, 0.3) is 0 Å². The van der Waals surface area contributed by atoms with Crippen LogP contribution in [0.5, 0.6) is 0 Å². The smallest absolute Gasteiger partial charge is 0.134 e. The van der Waals surface area contributed by atoms with Crippen molar-refractivity contribution in [2.75, 3.05) is 30.4 Å². The van der Waals surface area contributed by atoms with Gasteiger partial charge in [-0.15, -0.1) is 0 Å². The van der Waals surface area contributed by atoms with E-state index in [0.29, 0.717) is 6.54 Å². The normalized spacial score (nSPS) is 17.5. The number of aromatic nitrogens is 2. The maximum Gasteiger partial charge on any atom is 0.134 e. The van der Waals surface area contributed by atoms with E-state index in [1.165, 1.54) is 0 Å². The second-order valence-electron chi connectivity index (χ2n) is 5.48. The van der Waals surface area contributed by atoms with Crippen molar-refractivity contribution in [1.29, 1.82) is 0 Å². The third kappa shape index (κ3) is 3.56. The number of aryl methyl sites for hydroxylation is 1. The molecule has 1 aliphatic rings. The molecule has 1 heterocycles. The Morgan fingerprint density at radius 2 is 2.05 bits per heavy atom. The zero-order valence-electron chi connectivity index (χ0n) is 12.1. The van der Waals surface area contributed by atoms with Crippen molar-refractivity contribution in [2.45, 2.75) is 45.1 Å². The van der Waals surface area contributed by atoms with Crippen molar-refractivity contribution in [1.82, 2.24) is 9.97 Å². The Balaban J connectivity index is 2.11. The van der Waals surface area contributed by atoms with E-state index in [4.69, 9.17) is 0 Å². The fourth-order valence-corrected chi connectivity index (χ4v) is 2.73. The first-order valence-corrected chi connectivity index (χ1v) is 7.05. The third-order valence-corrected chi connectivity index (χ3v) is 3.64. The highest BCUT2D eigenvalue weighted by Crippen LogP contribution is 2.31. The second kappa shape index (κ2) is 5.74. The molecule has 106 valence electrons. The molecule has 1 aliphatic carbocycles. The van der Waals surface area contributed by atoms with E-state index in [9.17, 15) is 5.11 Å². The van der Waals surface area contributed by atoms with Crippen LogP contribution in [0.3, 0.4) is 0 Å². The molecule has 0 aliphatic heterocycles. The van der Waals surface area contributed by atoms with Gasteiger partial charge in [-0.3, -0.25) is 0 Å². The summed E-state index contributed by atoms with van der Waals surface area (Å²) in [7, 11) is 1.98. The van der Waals surface area contributed by atoms with Crippen LogP contribution in [-0.2, 0) is 0 Å². The largest absolute Gasteiger partial charge is 0.388 e.